The Hall–Kier alpha value is -2.85. The second-order valence-corrected chi connectivity index (χ2v) is 5.59. The van der Waals surface area contributed by atoms with Crippen molar-refractivity contribution < 1.29 is 14.6 Å². The summed E-state index contributed by atoms with van der Waals surface area (Å²) in [6.45, 7) is 5.78. The highest BCUT2D eigenvalue weighted by Gasteiger charge is 2.15. The Morgan fingerprint density at radius 2 is 2.04 bits per heavy atom. The van der Waals surface area contributed by atoms with Crippen LogP contribution in [0.4, 0.5) is 5.82 Å². The molecule has 0 spiro atoms. The topological polar surface area (TPSA) is 100 Å². The number of aromatic nitrogens is 2. The minimum absolute atomic E-state index is 0.0642. The normalized spacial score (nSPS) is 11.5. The number of nitriles is 1. The van der Waals surface area contributed by atoms with E-state index in [0.717, 1.165) is 16.8 Å². The van der Waals surface area contributed by atoms with Gasteiger partial charge in [-0.3, -0.25) is 0 Å². The second-order valence-electron chi connectivity index (χ2n) is 5.59. The average molecular weight is 342 g/mol. The SMILES string of the molecule is COc1cc([C@H](C)Nc2nnc(C)c(C)c2C#N)ccc1OCCO. The molecule has 0 bridgehead atoms. The maximum absolute atomic E-state index is 9.39. The number of hydrogen-bond acceptors (Lipinski definition) is 7. The van der Waals surface area contributed by atoms with Gasteiger partial charge in [-0.15, -0.1) is 5.10 Å². The van der Waals surface area contributed by atoms with E-state index in [-0.39, 0.29) is 19.3 Å². The minimum atomic E-state index is -0.121. The number of aliphatic hydroxyl groups is 1. The van der Waals surface area contributed by atoms with Gasteiger partial charge in [0.2, 0.25) is 0 Å². The summed E-state index contributed by atoms with van der Waals surface area (Å²) >= 11 is 0. The van der Waals surface area contributed by atoms with Gasteiger partial charge in [0.25, 0.3) is 0 Å². The van der Waals surface area contributed by atoms with E-state index in [1.807, 2.05) is 32.9 Å². The summed E-state index contributed by atoms with van der Waals surface area (Å²) in [7, 11) is 1.56. The molecule has 2 rings (SSSR count). The molecule has 0 saturated carbocycles. The van der Waals surface area contributed by atoms with E-state index in [0.29, 0.717) is 22.9 Å². The van der Waals surface area contributed by atoms with E-state index in [1.54, 1.807) is 13.2 Å². The van der Waals surface area contributed by atoms with Crippen LogP contribution in [0.2, 0.25) is 0 Å². The number of benzene rings is 1. The summed E-state index contributed by atoms with van der Waals surface area (Å²) in [5.41, 5.74) is 2.99. The van der Waals surface area contributed by atoms with Crippen molar-refractivity contribution >= 4 is 5.82 Å². The highest BCUT2D eigenvalue weighted by atomic mass is 16.5. The zero-order chi connectivity index (χ0) is 18.4. The molecule has 1 heterocycles. The van der Waals surface area contributed by atoms with Gasteiger partial charge in [-0.25, -0.2) is 0 Å². The highest BCUT2D eigenvalue weighted by Crippen LogP contribution is 2.31. The number of aryl methyl sites for hydroxylation is 1. The number of nitrogens with zero attached hydrogens (tertiary/aromatic N) is 3. The quantitative estimate of drug-likeness (QED) is 0.797. The lowest BCUT2D eigenvalue weighted by molar-refractivity contribution is 0.196. The summed E-state index contributed by atoms with van der Waals surface area (Å²) in [5.74, 6) is 1.60. The summed E-state index contributed by atoms with van der Waals surface area (Å²) in [4.78, 5) is 0. The van der Waals surface area contributed by atoms with Crippen LogP contribution < -0.4 is 14.8 Å². The van der Waals surface area contributed by atoms with Crippen molar-refractivity contribution in [1.29, 1.82) is 5.26 Å². The van der Waals surface area contributed by atoms with E-state index in [4.69, 9.17) is 14.6 Å². The van der Waals surface area contributed by atoms with E-state index >= 15 is 0 Å². The molecule has 2 aromatic rings. The molecule has 1 aromatic carbocycles. The van der Waals surface area contributed by atoms with Gasteiger partial charge in [0.1, 0.15) is 18.2 Å². The molecule has 132 valence electrons. The largest absolute Gasteiger partial charge is 0.493 e. The molecule has 0 aliphatic heterocycles. The minimum Gasteiger partial charge on any atom is -0.493 e. The molecule has 0 aliphatic carbocycles. The summed E-state index contributed by atoms with van der Waals surface area (Å²) in [6, 6.07) is 7.60. The van der Waals surface area contributed by atoms with Gasteiger partial charge in [0, 0.05) is 0 Å². The molecule has 2 N–H and O–H groups in total. The van der Waals surface area contributed by atoms with Crippen LogP contribution in [0.25, 0.3) is 0 Å². The van der Waals surface area contributed by atoms with Gasteiger partial charge in [-0.05, 0) is 44.0 Å². The van der Waals surface area contributed by atoms with E-state index in [9.17, 15) is 5.26 Å². The van der Waals surface area contributed by atoms with Crippen LogP contribution in [-0.4, -0.2) is 35.6 Å². The molecule has 7 nitrogen and oxygen atoms in total. The molecule has 25 heavy (non-hydrogen) atoms. The van der Waals surface area contributed by atoms with Crippen LogP contribution >= 0.6 is 0 Å². The first-order valence-corrected chi connectivity index (χ1v) is 7.93. The lowest BCUT2D eigenvalue weighted by Gasteiger charge is -2.18. The Balaban J connectivity index is 2.26. The fourth-order valence-corrected chi connectivity index (χ4v) is 2.36. The monoisotopic (exact) mass is 342 g/mol. The van der Waals surface area contributed by atoms with Gasteiger partial charge in [0.15, 0.2) is 17.3 Å². The van der Waals surface area contributed by atoms with Crippen molar-refractivity contribution in [1.82, 2.24) is 10.2 Å². The molecule has 0 fully saturated rings. The first-order chi connectivity index (χ1) is 12.0. The van der Waals surface area contributed by atoms with Crippen molar-refractivity contribution in [2.45, 2.75) is 26.8 Å². The average Bonchev–Trinajstić information content (AvgIpc) is 2.63. The molecule has 1 atom stereocenters. The standard InChI is InChI=1S/C18H22N4O3/c1-11-12(2)21-22-18(15(11)10-19)20-13(3)14-5-6-16(25-8-7-23)17(9-14)24-4/h5-6,9,13,23H,7-8H2,1-4H3,(H,20,22)/t13-/m0/s1. The van der Waals surface area contributed by atoms with E-state index in [1.165, 1.54) is 0 Å². The molecule has 0 radical (unpaired) electrons. The third-order valence-corrected chi connectivity index (χ3v) is 3.96. The van der Waals surface area contributed by atoms with Crippen molar-refractivity contribution in [2.24, 2.45) is 0 Å². The van der Waals surface area contributed by atoms with Gasteiger partial charge >= 0.3 is 0 Å². The van der Waals surface area contributed by atoms with Gasteiger partial charge < -0.3 is 19.9 Å². The Bertz CT molecular complexity index is 787. The maximum Gasteiger partial charge on any atom is 0.167 e. The van der Waals surface area contributed by atoms with Gasteiger partial charge in [-0.2, -0.15) is 10.4 Å². The predicted molar refractivity (Wildman–Crippen MR) is 93.8 cm³/mol. The fraction of sp³-hybridized carbons (Fsp3) is 0.389. The van der Waals surface area contributed by atoms with Crippen LogP contribution in [0, 0.1) is 25.2 Å². The number of hydrogen-bond donors (Lipinski definition) is 2. The predicted octanol–water partition coefficient (Wildman–Crippen LogP) is 2.52. The third kappa shape index (κ3) is 4.17. The Morgan fingerprint density at radius 3 is 2.68 bits per heavy atom. The number of nitrogens with one attached hydrogen (secondary N) is 1. The van der Waals surface area contributed by atoms with E-state index < -0.39 is 0 Å². The van der Waals surface area contributed by atoms with Crippen LogP contribution in [0.3, 0.4) is 0 Å². The number of ether oxygens (including phenoxy) is 2. The van der Waals surface area contributed by atoms with Crippen LogP contribution in [-0.2, 0) is 0 Å². The number of aliphatic hydroxyl groups excluding tert-OH is 1. The molecule has 0 aliphatic rings. The highest BCUT2D eigenvalue weighted by molar-refractivity contribution is 5.57. The van der Waals surface area contributed by atoms with E-state index in [2.05, 4.69) is 21.6 Å². The molecule has 0 amide bonds. The molecule has 7 heteroatoms. The van der Waals surface area contributed by atoms with Crippen LogP contribution in [0.5, 0.6) is 11.5 Å². The first kappa shape index (κ1) is 18.5. The van der Waals surface area contributed by atoms with Crippen molar-refractivity contribution in [3.8, 4) is 17.6 Å². The lowest BCUT2D eigenvalue weighted by atomic mass is 10.1. The maximum atomic E-state index is 9.39. The smallest absolute Gasteiger partial charge is 0.167 e. The van der Waals surface area contributed by atoms with Crippen molar-refractivity contribution in [2.75, 3.05) is 25.6 Å². The van der Waals surface area contributed by atoms with Crippen LogP contribution in [0.1, 0.15) is 35.3 Å². The van der Waals surface area contributed by atoms with Gasteiger partial charge in [-0.1, -0.05) is 6.07 Å². The van der Waals surface area contributed by atoms with Crippen molar-refractivity contribution in [3.05, 3.63) is 40.6 Å². The Kier molecular flexibility index (Phi) is 6.14. The number of rotatable bonds is 7. The Morgan fingerprint density at radius 1 is 1.28 bits per heavy atom. The third-order valence-electron chi connectivity index (χ3n) is 3.96. The summed E-state index contributed by atoms with van der Waals surface area (Å²) in [6.07, 6.45) is 0. The zero-order valence-corrected chi connectivity index (χ0v) is 14.8. The molecular formula is C18H22N4O3. The van der Waals surface area contributed by atoms with Crippen LogP contribution in [0.15, 0.2) is 18.2 Å². The second kappa shape index (κ2) is 8.31. The van der Waals surface area contributed by atoms with Crippen molar-refractivity contribution in [3.63, 3.8) is 0 Å². The molecular weight excluding hydrogens is 320 g/mol. The summed E-state index contributed by atoms with van der Waals surface area (Å²) < 4.78 is 10.8. The number of methoxy groups -OCH3 is 1. The summed E-state index contributed by atoms with van der Waals surface area (Å²) in [5, 5.41) is 29.7. The number of anilines is 1. The first-order valence-electron chi connectivity index (χ1n) is 7.93. The van der Waals surface area contributed by atoms with Gasteiger partial charge in [0.05, 0.1) is 25.5 Å². The Labute approximate surface area is 147 Å². The lowest BCUT2D eigenvalue weighted by Crippen LogP contribution is -2.12. The zero-order valence-electron chi connectivity index (χ0n) is 14.8. The fourth-order valence-electron chi connectivity index (χ4n) is 2.36. The molecule has 1 aromatic heterocycles. The molecule has 0 unspecified atom stereocenters. The molecule has 0 saturated heterocycles.